The van der Waals surface area contributed by atoms with Crippen molar-refractivity contribution in [1.82, 2.24) is 10.6 Å². The van der Waals surface area contributed by atoms with E-state index in [1.807, 2.05) is 31.2 Å². The summed E-state index contributed by atoms with van der Waals surface area (Å²) in [6, 6.07) is 14.7. The number of carbonyl (C=O) groups excluding carboxylic acids is 2. The molecule has 0 saturated heterocycles. The number of aryl methyl sites for hydroxylation is 1. The van der Waals surface area contributed by atoms with Gasteiger partial charge in [0, 0.05) is 30.2 Å². The van der Waals surface area contributed by atoms with Crippen LogP contribution in [0.25, 0.3) is 0 Å². The van der Waals surface area contributed by atoms with Gasteiger partial charge < -0.3 is 27.0 Å². The third kappa shape index (κ3) is 4.47. The van der Waals surface area contributed by atoms with E-state index in [1.54, 1.807) is 31.3 Å². The fourth-order valence-corrected chi connectivity index (χ4v) is 2.72. The maximum absolute atomic E-state index is 11.8. The third-order valence-electron chi connectivity index (χ3n) is 4.13. The predicted molar refractivity (Wildman–Crippen MR) is 110 cm³/mol. The van der Waals surface area contributed by atoms with Gasteiger partial charge in [-0.1, -0.05) is 12.1 Å². The zero-order valence-electron chi connectivity index (χ0n) is 15.6. The minimum Gasteiger partial charge on any atom is -0.365 e. The molecule has 2 amide bonds. The Morgan fingerprint density at radius 2 is 1.86 bits per heavy atom. The lowest BCUT2D eigenvalue weighted by Gasteiger charge is -2.26. The summed E-state index contributed by atoms with van der Waals surface area (Å²) in [7, 11) is 1.58. The lowest BCUT2D eigenvalue weighted by Crippen LogP contribution is -2.41. The first-order valence-electron chi connectivity index (χ1n) is 8.72. The van der Waals surface area contributed by atoms with Crippen LogP contribution in [0, 0.1) is 6.92 Å². The van der Waals surface area contributed by atoms with Crippen LogP contribution in [0.2, 0.25) is 0 Å². The number of nitrogens with one attached hydrogen (secondary N) is 4. The molecule has 0 fully saturated rings. The van der Waals surface area contributed by atoms with Crippen molar-refractivity contribution in [3.05, 3.63) is 71.1 Å². The van der Waals surface area contributed by atoms with E-state index < -0.39 is 12.2 Å². The fraction of sp³-hybridized carbons (Fsp3) is 0.150. The molecule has 0 radical (unpaired) electrons. The van der Waals surface area contributed by atoms with Crippen LogP contribution in [-0.4, -0.2) is 31.4 Å². The molecule has 28 heavy (non-hydrogen) atoms. The van der Waals surface area contributed by atoms with E-state index in [9.17, 15) is 9.59 Å². The maximum atomic E-state index is 11.8. The highest BCUT2D eigenvalue weighted by Crippen LogP contribution is 2.17. The molecule has 1 aliphatic heterocycles. The number of primary amides is 1. The molecule has 3 rings (SSSR count). The molecule has 1 heterocycles. The van der Waals surface area contributed by atoms with Crippen LogP contribution in [0.15, 0.2) is 64.9 Å². The van der Waals surface area contributed by atoms with E-state index >= 15 is 0 Å². The largest absolute Gasteiger partial charge is 0.365 e. The molecule has 8 heteroatoms. The van der Waals surface area contributed by atoms with Gasteiger partial charge in [0.25, 0.3) is 11.8 Å². The fourth-order valence-electron chi connectivity index (χ4n) is 2.72. The Bertz CT molecular complexity index is 949. The summed E-state index contributed by atoms with van der Waals surface area (Å²) >= 11 is 0. The molecular weight excluding hydrogens is 356 g/mol. The molecule has 0 saturated carbocycles. The number of nitrogens with zero attached hydrogens (tertiary/aromatic N) is 1. The van der Waals surface area contributed by atoms with Gasteiger partial charge in [0.1, 0.15) is 5.82 Å². The van der Waals surface area contributed by atoms with Crippen molar-refractivity contribution in [3.8, 4) is 0 Å². The quantitative estimate of drug-likeness (QED) is 0.522. The summed E-state index contributed by atoms with van der Waals surface area (Å²) in [6.45, 7) is 1.98. The van der Waals surface area contributed by atoms with Crippen molar-refractivity contribution in [2.24, 2.45) is 10.7 Å². The minimum absolute atomic E-state index is 0.154. The van der Waals surface area contributed by atoms with Gasteiger partial charge in [-0.2, -0.15) is 0 Å². The molecule has 0 spiro atoms. The second-order valence-electron chi connectivity index (χ2n) is 6.27. The molecule has 0 aromatic heterocycles. The van der Waals surface area contributed by atoms with E-state index in [4.69, 9.17) is 5.73 Å². The van der Waals surface area contributed by atoms with Crippen molar-refractivity contribution >= 4 is 29.4 Å². The SMILES string of the molecule is CNC(=O)c1ccc(NC2N=CC(C(N)=O)=C(Nc3cccc(C)c3)N2)cc1. The molecule has 6 N–H and O–H groups in total. The second kappa shape index (κ2) is 8.26. The number of aliphatic imine (C=N–C) groups is 1. The smallest absolute Gasteiger partial charge is 0.253 e. The second-order valence-corrected chi connectivity index (χ2v) is 6.27. The first-order chi connectivity index (χ1) is 13.5. The van der Waals surface area contributed by atoms with Gasteiger partial charge in [-0.05, 0) is 48.9 Å². The van der Waals surface area contributed by atoms with Crippen molar-refractivity contribution in [2.75, 3.05) is 17.7 Å². The van der Waals surface area contributed by atoms with Crippen LogP contribution in [0.4, 0.5) is 11.4 Å². The average molecular weight is 378 g/mol. The molecule has 2 aromatic rings. The highest BCUT2D eigenvalue weighted by atomic mass is 16.1. The molecule has 1 atom stereocenters. The van der Waals surface area contributed by atoms with E-state index in [0.29, 0.717) is 11.4 Å². The monoisotopic (exact) mass is 378 g/mol. The molecule has 0 bridgehead atoms. The molecule has 0 aliphatic carbocycles. The first-order valence-corrected chi connectivity index (χ1v) is 8.72. The molecular formula is C20H22N6O2. The number of carbonyl (C=O) groups is 2. The van der Waals surface area contributed by atoms with Crippen LogP contribution >= 0.6 is 0 Å². The number of hydrogen-bond acceptors (Lipinski definition) is 6. The average Bonchev–Trinajstić information content (AvgIpc) is 2.68. The lowest BCUT2D eigenvalue weighted by atomic mass is 10.2. The third-order valence-corrected chi connectivity index (χ3v) is 4.13. The number of amides is 2. The summed E-state index contributed by atoms with van der Waals surface area (Å²) in [5.41, 5.74) is 8.96. The molecule has 144 valence electrons. The van der Waals surface area contributed by atoms with Crippen molar-refractivity contribution in [1.29, 1.82) is 0 Å². The van der Waals surface area contributed by atoms with Crippen LogP contribution in [-0.2, 0) is 4.79 Å². The van der Waals surface area contributed by atoms with Gasteiger partial charge in [-0.25, -0.2) is 4.99 Å². The van der Waals surface area contributed by atoms with Crippen LogP contribution in [0.1, 0.15) is 15.9 Å². The standard InChI is InChI=1S/C20H22N6O2/c1-12-4-3-5-15(10-12)24-18-16(17(21)27)11-23-20(26-18)25-14-8-6-13(7-9-14)19(28)22-2/h3-11,20,24-26H,1-2H3,(H2,21,27)(H,22,28). The summed E-state index contributed by atoms with van der Waals surface area (Å²) in [5, 5.41) is 12.1. The first kappa shape index (κ1) is 19.0. The van der Waals surface area contributed by atoms with Crippen LogP contribution < -0.4 is 27.0 Å². The number of nitrogens with two attached hydrogens (primary N) is 1. The highest BCUT2D eigenvalue weighted by molar-refractivity contribution is 6.12. The Balaban J connectivity index is 1.74. The van der Waals surface area contributed by atoms with Gasteiger partial charge in [0.05, 0.1) is 5.57 Å². The summed E-state index contributed by atoms with van der Waals surface area (Å²) < 4.78 is 0. The lowest BCUT2D eigenvalue weighted by molar-refractivity contribution is -0.114. The van der Waals surface area contributed by atoms with Crippen LogP contribution in [0.3, 0.4) is 0 Å². The Morgan fingerprint density at radius 1 is 1.11 bits per heavy atom. The molecule has 1 unspecified atom stereocenters. The maximum Gasteiger partial charge on any atom is 0.253 e. The Morgan fingerprint density at radius 3 is 2.50 bits per heavy atom. The minimum atomic E-state index is -0.584. The van der Waals surface area contributed by atoms with Gasteiger partial charge in [0.2, 0.25) is 0 Å². The summed E-state index contributed by atoms with van der Waals surface area (Å²) in [6.07, 6.45) is 0.925. The molecule has 1 aliphatic rings. The summed E-state index contributed by atoms with van der Waals surface area (Å²) in [4.78, 5) is 27.7. The Hall–Kier alpha value is -3.81. The van der Waals surface area contributed by atoms with Crippen molar-refractivity contribution in [2.45, 2.75) is 13.2 Å². The molecule has 8 nitrogen and oxygen atoms in total. The van der Waals surface area contributed by atoms with Crippen molar-refractivity contribution < 1.29 is 9.59 Å². The van der Waals surface area contributed by atoms with Gasteiger partial charge in [-0.15, -0.1) is 0 Å². The van der Waals surface area contributed by atoms with Crippen LogP contribution in [0.5, 0.6) is 0 Å². The Labute approximate surface area is 162 Å². The van der Waals surface area contributed by atoms with Gasteiger partial charge in [0.15, 0.2) is 6.29 Å². The van der Waals surface area contributed by atoms with Crippen molar-refractivity contribution in [3.63, 3.8) is 0 Å². The molecule has 2 aromatic carbocycles. The number of benzene rings is 2. The topological polar surface area (TPSA) is 121 Å². The zero-order valence-corrected chi connectivity index (χ0v) is 15.6. The number of rotatable bonds is 6. The van der Waals surface area contributed by atoms with E-state index in [1.165, 1.54) is 6.21 Å². The van der Waals surface area contributed by atoms with E-state index in [2.05, 4.69) is 26.3 Å². The highest BCUT2D eigenvalue weighted by Gasteiger charge is 2.20. The van der Waals surface area contributed by atoms with E-state index in [-0.39, 0.29) is 11.5 Å². The zero-order chi connectivity index (χ0) is 20.1. The number of hydrogen-bond donors (Lipinski definition) is 5. The van der Waals surface area contributed by atoms with Gasteiger partial charge >= 0.3 is 0 Å². The summed E-state index contributed by atoms with van der Waals surface area (Å²) in [5.74, 6) is -0.272. The predicted octanol–water partition coefficient (Wildman–Crippen LogP) is 1.53. The number of anilines is 2. The Kier molecular flexibility index (Phi) is 5.59. The normalized spacial score (nSPS) is 15.6. The van der Waals surface area contributed by atoms with E-state index in [0.717, 1.165) is 16.9 Å². The van der Waals surface area contributed by atoms with Gasteiger partial charge in [-0.3, -0.25) is 9.59 Å².